The maximum Gasteiger partial charge on any atom is 0.163 e. The van der Waals surface area contributed by atoms with Crippen molar-refractivity contribution < 1.29 is 4.79 Å². The molecule has 2 saturated heterocycles. The lowest BCUT2D eigenvalue weighted by atomic mass is 9.94. The molecule has 2 aliphatic rings. The molecule has 2 fully saturated rings. The van der Waals surface area contributed by atoms with E-state index in [4.69, 9.17) is 0 Å². The summed E-state index contributed by atoms with van der Waals surface area (Å²) in [6, 6.07) is 10.9. The second-order valence-corrected chi connectivity index (χ2v) is 7.23. The standard InChI is InChI=1S/C19H21BN4O/c1-12-10-23(11-14-8-15(25)6-7-24(12)14)17-4-2-13(9-21)19-16(17)3-5-18(20)22-19/h2-5,12,14H,6-8,10-11,20H2,1H3/t12-,14?/m1/s1. The van der Waals surface area contributed by atoms with Crippen molar-refractivity contribution in [3.63, 3.8) is 0 Å². The zero-order chi connectivity index (χ0) is 17.6. The summed E-state index contributed by atoms with van der Waals surface area (Å²) in [5, 5.41) is 10.4. The van der Waals surface area contributed by atoms with E-state index >= 15 is 0 Å². The SMILES string of the molecule is Bc1ccc2c(N3CC4CC(=O)CCN4[C@H](C)C3)ccc(C#N)c2n1. The van der Waals surface area contributed by atoms with Gasteiger partial charge >= 0.3 is 0 Å². The first kappa shape index (κ1) is 16.1. The average molecular weight is 332 g/mol. The number of hydrogen-bond acceptors (Lipinski definition) is 5. The summed E-state index contributed by atoms with van der Waals surface area (Å²) >= 11 is 0. The number of Topliss-reactive ketones (excluding diaryl/α,β-unsaturated/α-hetero) is 1. The van der Waals surface area contributed by atoms with Crippen molar-refractivity contribution in [2.75, 3.05) is 24.5 Å². The van der Waals surface area contributed by atoms with Crippen molar-refractivity contribution in [3.8, 4) is 6.07 Å². The van der Waals surface area contributed by atoms with Gasteiger partial charge in [-0.3, -0.25) is 14.7 Å². The van der Waals surface area contributed by atoms with E-state index in [1.807, 2.05) is 26.0 Å². The van der Waals surface area contributed by atoms with Gasteiger partial charge in [-0.1, -0.05) is 6.07 Å². The van der Waals surface area contributed by atoms with Crippen molar-refractivity contribution in [1.29, 1.82) is 5.26 Å². The van der Waals surface area contributed by atoms with Crippen molar-refractivity contribution in [2.24, 2.45) is 0 Å². The van der Waals surface area contributed by atoms with E-state index in [1.165, 1.54) is 0 Å². The van der Waals surface area contributed by atoms with Crippen LogP contribution in [-0.4, -0.2) is 55.2 Å². The summed E-state index contributed by atoms with van der Waals surface area (Å²) < 4.78 is 0. The molecule has 0 bridgehead atoms. The minimum atomic E-state index is 0.286. The number of nitriles is 1. The molecule has 126 valence electrons. The lowest BCUT2D eigenvalue weighted by molar-refractivity contribution is -0.124. The minimum Gasteiger partial charge on any atom is -0.368 e. The fraction of sp³-hybridized carbons (Fsp3) is 0.421. The third-order valence-electron chi connectivity index (χ3n) is 5.50. The molecule has 2 atom stereocenters. The molecule has 0 N–H and O–H groups in total. The van der Waals surface area contributed by atoms with Crippen LogP contribution in [0.2, 0.25) is 0 Å². The van der Waals surface area contributed by atoms with E-state index in [1.54, 1.807) is 0 Å². The molecule has 1 aromatic carbocycles. The fourth-order valence-corrected chi connectivity index (χ4v) is 4.28. The highest BCUT2D eigenvalue weighted by molar-refractivity contribution is 6.31. The van der Waals surface area contributed by atoms with Crippen molar-refractivity contribution in [1.82, 2.24) is 9.88 Å². The summed E-state index contributed by atoms with van der Waals surface area (Å²) in [4.78, 5) is 21.4. The Balaban J connectivity index is 1.75. The smallest absolute Gasteiger partial charge is 0.163 e. The third kappa shape index (κ3) is 2.79. The molecule has 6 heteroatoms. The van der Waals surface area contributed by atoms with Crippen LogP contribution in [0.4, 0.5) is 5.69 Å². The van der Waals surface area contributed by atoms with Gasteiger partial charge in [0.25, 0.3) is 0 Å². The van der Waals surface area contributed by atoms with Crippen molar-refractivity contribution in [3.05, 3.63) is 29.8 Å². The molecule has 2 aliphatic heterocycles. The first-order valence-corrected chi connectivity index (χ1v) is 8.89. The summed E-state index contributed by atoms with van der Waals surface area (Å²) in [6.45, 7) is 4.90. The number of ketones is 1. The molecule has 25 heavy (non-hydrogen) atoms. The van der Waals surface area contributed by atoms with Gasteiger partial charge in [0.1, 0.15) is 11.9 Å². The van der Waals surface area contributed by atoms with E-state index < -0.39 is 0 Å². The summed E-state index contributed by atoms with van der Waals surface area (Å²) in [6.07, 6.45) is 1.33. The number of fused-ring (bicyclic) bond motifs is 2. The number of carbonyl (C=O) groups is 1. The molecule has 1 aromatic heterocycles. The van der Waals surface area contributed by atoms with Gasteiger partial charge in [0.05, 0.1) is 11.1 Å². The number of pyridine rings is 1. The maximum absolute atomic E-state index is 11.9. The zero-order valence-corrected chi connectivity index (χ0v) is 14.7. The van der Waals surface area contributed by atoms with Gasteiger partial charge < -0.3 is 4.90 Å². The topological polar surface area (TPSA) is 60.2 Å². The number of piperidine rings is 1. The molecule has 0 saturated carbocycles. The highest BCUT2D eigenvalue weighted by Crippen LogP contribution is 2.32. The van der Waals surface area contributed by atoms with Gasteiger partial charge in [0.2, 0.25) is 0 Å². The van der Waals surface area contributed by atoms with E-state index in [9.17, 15) is 10.1 Å². The molecule has 2 aromatic rings. The first-order valence-electron chi connectivity index (χ1n) is 8.89. The Kier molecular flexibility index (Phi) is 3.97. The highest BCUT2D eigenvalue weighted by atomic mass is 16.1. The van der Waals surface area contributed by atoms with E-state index in [0.29, 0.717) is 30.2 Å². The number of anilines is 1. The van der Waals surface area contributed by atoms with E-state index in [-0.39, 0.29) is 6.04 Å². The number of nitrogens with zero attached hydrogens (tertiary/aromatic N) is 4. The quantitative estimate of drug-likeness (QED) is 0.716. The molecule has 0 aliphatic carbocycles. The number of benzene rings is 1. The van der Waals surface area contributed by atoms with Crippen LogP contribution in [0.5, 0.6) is 0 Å². The summed E-state index contributed by atoms with van der Waals surface area (Å²) in [7, 11) is 1.95. The highest BCUT2D eigenvalue weighted by Gasteiger charge is 2.36. The van der Waals surface area contributed by atoms with Crippen molar-refractivity contribution in [2.45, 2.75) is 31.8 Å². The van der Waals surface area contributed by atoms with Crippen LogP contribution in [0.3, 0.4) is 0 Å². The molecular weight excluding hydrogens is 311 g/mol. The van der Waals surface area contributed by atoms with Crippen LogP contribution in [0.25, 0.3) is 10.9 Å². The third-order valence-corrected chi connectivity index (χ3v) is 5.50. The lowest BCUT2D eigenvalue weighted by Crippen LogP contribution is -2.60. The summed E-state index contributed by atoms with van der Waals surface area (Å²) in [5.74, 6) is 0.372. The molecule has 0 spiro atoms. The van der Waals surface area contributed by atoms with Gasteiger partial charge in [0, 0.05) is 55.6 Å². The summed E-state index contributed by atoms with van der Waals surface area (Å²) in [5.41, 5.74) is 3.42. The van der Waals surface area contributed by atoms with Gasteiger partial charge in [0.15, 0.2) is 7.85 Å². The Morgan fingerprint density at radius 3 is 2.92 bits per heavy atom. The minimum absolute atomic E-state index is 0.286. The Morgan fingerprint density at radius 1 is 1.28 bits per heavy atom. The largest absolute Gasteiger partial charge is 0.368 e. The fourth-order valence-electron chi connectivity index (χ4n) is 4.28. The molecule has 0 amide bonds. The Bertz CT molecular complexity index is 891. The van der Waals surface area contributed by atoms with Crippen molar-refractivity contribution >= 4 is 35.8 Å². The molecule has 0 radical (unpaired) electrons. The van der Waals surface area contributed by atoms with E-state index in [0.717, 1.165) is 41.8 Å². The maximum atomic E-state index is 11.9. The second kappa shape index (κ2) is 6.16. The molecule has 4 rings (SSSR count). The van der Waals surface area contributed by atoms with Gasteiger partial charge in [-0.25, -0.2) is 0 Å². The van der Waals surface area contributed by atoms with Gasteiger partial charge in [-0.15, -0.1) is 0 Å². The monoisotopic (exact) mass is 332 g/mol. The van der Waals surface area contributed by atoms with Crippen LogP contribution < -0.4 is 10.5 Å². The predicted octanol–water partition coefficient (Wildman–Crippen LogP) is 0.607. The van der Waals surface area contributed by atoms with Crippen LogP contribution >= 0.6 is 0 Å². The lowest BCUT2D eigenvalue weighted by Gasteiger charge is -2.48. The van der Waals surface area contributed by atoms with E-state index in [2.05, 4.69) is 33.8 Å². The number of carbonyl (C=O) groups excluding carboxylic acids is 1. The number of rotatable bonds is 1. The van der Waals surface area contributed by atoms with Gasteiger partial charge in [-0.2, -0.15) is 5.26 Å². The second-order valence-electron chi connectivity index (χ2n) is 7.23. The predicted molar refractivity (Wildman–Crippen MR) is 101 cm³/mol. The Hall–Kier alpha value is -2.39. The number of piperazine rings is 1. The number of aromatic nitrogens is 1. The molecular formula is C19H21BN4O. The van der Waals surface area contributed by atoms with Gasteiger partial charge in [-0.05, 0) is 30.7 Å². The van der Waals surface area contributed by atoms with Crippen LogP contribution in [0.15, 0.2) is 24.3 Å². The zero-order valence-electron chi connectivity index (χ0n) is 14.7. The number of hydrogen-bond donors (Lipinski definition) is 0. The first-order chi connectivity index (χ1) is 12.1. The normalized spacial score (nSPS) is 24.2. The van der Waals surface area contributed by atoms with Crippen LogP contribution in [0, 0.1) is 11.3 Å². The average Bonchev–Trinajstić information content (AvgIpc) is 2.60. The molecule has 3 heterocycles. The Labute approximate surface area is 148 Å². The Morgan fingerprint density at radius 2 is 2.12 bits per heavy atom. The van der Waals surface area contributed by atoms with Crippen LogP contribution in [-0.2, 0) is 4.79 Å². The molecule has 1 unspecified atom stereocenters. The van der Waals surface area contributed by atoms with Crippen LogP contribution in [0.1, 0.15) is 25.3 Å². The molecule has 5 nitrogen and oxygen atoms in total.